The van der Waals surface area contributed by atoms with Crippen LogP contribution in [-0.4, -0.2) is 56.9 Å². The SMILES string of the molecule is CN=C(NCCCn1nc(C)cc1C)N1CCC(C)C(n2ccnc2)C1. The number of hydrogen-bond donors (Lipinski definition) is 1. The number of imidazole rings is 1. The summed E-state index contributed by atoms with van der Waals surface area (Å²) in [5, 5.41) is 8.05. The molecule has 0 bridgehead atoms. The van der Waals surface area contributed by atoms with Crippen molar-refractivity contribution in [3.05, 3.63) is 36.2 Å². The first kappa shape index (κ1) is 18.5. The van der Waals surface area contributed by atoms with Crippen LogP contribution in [0.25, 0.3) is 0 Å². The second kappa shape index (κ2) is 8.38. The molecule has 0 amide bonds. The number of likely N-dealkylation sites (tertiary alicyclic amines) is 1. The van der Waals surface area contributed by atoms with Crippen LogP contribution in [0.15, 0.2) is 29.8 Å². The van der Waals surface area contributed by atoms with E-state index < -0.39 is 0 Å². The van der Waals surface area contributed by atoms with Gasteiger partial charge in [-0.3, -0.25) is 9.67 Å². The summed E-state index contributed by atoms with van der Waals surface area (Å²) < 4.78 is 4.31. The van der Waals surface area contributed by atoms with E-state index in [-0.39, 0.29) is 0 Å². The Labute approximate surface area is 156 Å². The number of rotatable bonds is 5. The summed E-state index contributed by atoms with van der Waals surface area (Å²) in [4.78, 5) is 11.1. The van der Waals surface area contributed by atoms with Gasteiger partial charge in [-0.15, -0.1) is 0 Å². The quantitative estimate of drug-likeness (QED) is 0.506. The third kappa shape index (κ3) is 4.26. The molecule has 26 heavy (non-hydrogen) atoms. The molecule has 1 N–H and O–H groups in total. The normalized spacial score (nSPS) is 21.2. The van der Waals surface area contributed by atoms with Crippen LogP contribution in [0.2, 0.25) is 0 Å². The first-order valence-corrected chi connectivity index (χ1v) is 9.52. The van der Waals surface area contributed by atoms with Crippen LogP contribution in [0, 0.1) is 19.8 Å². The topological polar surface area (TPSA) is 63.3 Å². The van der Waals surface area contributed by atoms with Gasteiger partial charge >= 0.3 is 0 Å². The first-order chi connectivity index (χ1) is 12.6. The number of piperidine rings is 1. The molecule has 2 atom stereocenters. The molecule has 0 spiro atoms. The molecule has 3 heterocycles. The van der Waals surface area contributed by atoms with E-state index in [1.54, 1.807) is 0 Å². The molecule has 0 radical (unpaired) electrons. The van der Waals surface area contributed by atoms with Gasteiger partial charge in [-0.1, -0.05) is 6.92 Å². The standard InChI is InChI=1S/C19H31N7/c1-15-6-10-24(13-18(15)25-11-8-21-14-25)19(20-4)22-7-5-9-26-17(3)12-16(2)23-26/h8,11-12,14-15,18H,5-7,9-10,13H2,1-4H3,(H,20,22). The van der Waals surface area contributed by atoms with Crippen LogP contribution < -0.4 is 5.32 Å². The summed E-state index contributed by atoms with van der Waals surface area (Å²) in [6.07, 6.45) is 8.04. The summed E-state index contributed by atoms with van der Waals surface area (Å²) in [7, 11) is 1.87. The van der Waals surface area contributed by atoms with Gasteiger partial charge in [0.25, 0.3) is 0 Å². The van der Waals surface area contributed by atoms with Gasteiger partial charge in [0.05, 0.1) is 18.1 Å². The fraction of sp³-hybridized carbons (Fsp3) is 0.632. The highest BCUT2D eigenvalue weighted by molar-refractivity contribution is 5.80. The van der Waals surface area contributed by atoms with Crippen molar-refractivity contribution in [3.8, 4) is 0 Å². The van der Waals surface area contributed by atoms with E-state index in [4.69, 9.17) is 0 Å². The zero-order valence-electron chi connectivity index (χ0n) is 16.4. The van der Waals surface area contributed by atoms with E-state index in [1.807, 2.05) is 26.5 Å². The maximum Gasteiger partial charge on any atom is 0.193 e. The van der Waals surface area contributed by atoms with Crippen molar-refractivity contribution in [1.29, 1.82) is 0 Å². The molecule has 1 fully saturated rings. The van der Waals surface area contributed by atoms with Gasteiger partial charge in [-0.2, -0.15) is 5.10 Å². The molecule has 2 aromatic rings. The van der Waals surface area contributed by atoms with Crippen molar-refractivity contribution in [2.75, 3.05) is 26.7 Å². The Bertz CT molecular complexity index is 716. The molecule has 1 saturated heterocycles. The third-order valence-corrected chi connectivity index (χ3v) is 5.27. The largest absolute Gasteiger partial charge is 0.356 e. The fourth-order valence-electron chi connectivity index (χ4n) is 3.76. The smallest absolute Gasteiger partial charge is 0.193 e. The molecule has 7 heteroatoms. The monoisotopic (exact) mass is 357 g/mol. The summed E-state index contributed by atoms with van der Waals surface area (Å²) in [5.74, 6) is 1.64. The minimum Gasteiger partial charge on any atom is -0.356 e. The second-order valence-corrected chi connectivity index (χ2v) is 7.27. The molecule has 0 saturated carbocycles. The predicted octanol–water partition coefficient (Wildman–Crippen LogP) is 2.25. The average molecular weight is 358 g/mol. The first-order valence-electron chi connectivity index (χ1n) is 9.52. The van der Waals surface area contributed by atoms with Crippen LogP contribution in [0.4, 0.5) is 0 Å². The maximum absolute atomic E-state index is 4.52. The van der Waals surface area contributed by atoms with Gasteiger partial charge < -0.3 is 14.8 Å². The highest BCUT2D eigenvalue weighted by Crippen LogP contribution is 2.27. The van der Waals surface area contributed by atoms with Crippen LogP contribution >= 0.6 is 0 Å². The van der Waals surface area contributed by atoms with Crippen molar-refractivity contribution >= 4 is 5.96 Å². The number of nitrogens with zero attached hydrogens (tertiary/aromatic N) is 6. The Balaban J connectivity index is 1.51. The van der Waals surface area contributed by atoms with Crippen LogP contribution in [0.5, 0.6) is 0 Å². The van der Waals surface area contributed by atoms with E-state index in [1.165, 1.54) is 5.69 Å². The van der Waals surface area contributed by atoms with Crippen LogP contribution in [-0.2, 0) is 6.54 Å². The minimum atomic E-state index is 0.444. The van der Waals surface area contributed by atoms with Crippen LogP contribution in [0.1, 0.15) is 37.2 Å². The molecule has 3 rings (SSSR count). The van der Waals surface area contributed by atoms with Gasteiger partial charge in [-0.25, -0.2) is 4.98 Å². The highest BCUT2D eigenvalue weighted by atomic mass is 15.3. The molecule has 2 aromatic heterocycles. The zero-order valence-corrected chi connectivity index (χ0v) is 16.4. The van der Waals surface area contributed by atoms with Crippen molar-refractivity contribution < 1.29 is 0 Å². The van der Waals surface area contributed by atoms with Crippen LogP contribution in [0.3, 0.4) is 0 Å². The molecular formula is C19H31N7. The highest BCUT2D eigenvalue weighted by Gasteiger charge is 2.28. The number of guanidine groups is 1. The molecule has 1 aliphatic rings. The molecular weight excluding hydrogens is 326 g/mol. The van der Waals surface area contributed by atoms with Crippen molar-refractivity contribution in [2.45, 2.75) is 46.2 Å². The zero-order chi connectivity index (χ0) is 18.5. The summed E-state index contributed by atoms with van der Waals surface area (Å²) in [6.45, 7) is 10.3. The van der Waals surface area contributed by atoms with Gasteiger partial charge in [0.2, 0.25) is 0 Å². The van der Waals surface area contributed by atoms with Gasteiger partial charge in [0.15, 0.2) is 5.96 Å². The van der Waals surface area contributed by atoms with Crippen molar-refractivity contribution in [2.24, 2.45) is 10.9 Å². The Morgan fingerprint density at radius 2 is 2.23 bits per heavy atom. The van der Waals surface area contributed by atoms with Crippen molar-refractivity contribution in [3.63, 3.8) is 0 Å². The number of aromatic nitrogens is 4. The van der Waals surface area contributed by atoms with E-state index in [2.05, 4.69) is 60.7 Å². The fourth-order valence-corrected chi connectivity index (χ4v) is 3.76. The summed E-state index contributed by atoms with van der Waals surface area (Å²) in [5.41, 5.74) is 2.30. The predicted molar refractivity (Wildman–Crippen MR) is 104 cm³/mol. The third-order valence-electron chi connectivity index (χ3n) is 5.27. The molecule has 0 aromatic carbocycles. The molecule has 2 unspecified atom stereocenters. The number of nitrogens with one attached hydrogen (secondary N) is 1. The Morgan fingerprint density at radius 1 is 1.38 bits per heavy atom. The maximum atomic E-state index is 4.52. The lowest BCUT2D eigenvalue weighted by atomic mass is 9.93. The van der Waals surface area contributed by atoms with E-state index in [9.17, 15) is 0 Å². The number of aliphatic imine (C=N–C) groups is 1. The molecule has 0 aliphatic carbocycles. The lowest BCUT2D eigenvalue weighted by molar-refractivity contribution is 0.189. The van der Waals surface area contributed by atoms with Gasteiger partial charge in [0, 0.05) is 51.3 Å². The minimum absolute atomic E-state index is 0.444. The summed E-state index contributed by atoms with van der Waals surface area (Å²) >= 11 is 0. The van der Waals surface area contributed by atoms with E-state index >= 15 is 0 Å². The molecule has 1 aliphatic heterocycles. The molecule has 142 valence electrons. The number of aryl methyl sites for hydroxylation is 3. The Morgan fingerprint density at radius 3 is 2.88 bits per heavy atom. The lowest BCUT2D eigenvalue weighted by Crippen LogP contribution is -2.49. The number of hydrogen-bond acceptors (Lipinski definition) is 3. The van der Waals surface area contributed by atoms with E-state index in [0.29, 0.717) is 12.0 Å². The lowest BCUT2D eigenvalue weighted by Gasteiger charge is -2.39. The second-order valence-electron chi connectivity index (χ2n) is 7.27. The Kier molecular flexibility index (Phi) is 5.96. The Hall–Kier alpha value is -2.31. The average Bonchev–Trinajstić information content (AvgIpc) is 3.26. The van der Waals surface area contributed by atoms with E-state index in [0.717, 1.165) is 50.7 Å². The molecule has 7 nitrogen and oxygen atoms in total. The van der Waals surface area contributed by atoms with Gasteiger partial charge in [0.1, 0.15) is 0 Å². The van der Waals surface area contributed by atoms with Gasteiger partial charge in [-0.05, 0) is 38.7 Å². The van der Waals surface area contributed by atoms with Crippen molar-refractivity contribution in [1.82, 2.24) is 29.5 Å². The summed E-state index contributed by atoms with van der Waals surface area (Å²) in [6, 6.07) is 2.57.